The second-order valence-corrected chi connectivity index (χ2v) is 6.92. The second-order valence-electron chi connectivity index (χ2n) is 4.30. The van der Waals surface area contributed by atoms with Gasteiger partial charge in [0, 0.05) is 12.1 Å². The van der Waals surface area contributed by atoms with Crippen molar-refractivity contribution in [3.8, 4) is 0 Å². The van der Waals surface area contributed by atoms with Crippen molar-refractivity contribution in [2.75, 3.05) is 6.54 Å². The van der Waals surface area contributed by atoms with Crippen LogP contribution in [0.5, 0.6) is 0 Å². The lowest BCUT2D eigenvalue weighted by molar-refractivity contribution is 0.577. The van der Waals surface area contributed by atoms with Crippen LogP contribution < -0.4 is 10.5 Å². The number of hydrogen-bond donors (Lipinski definition) is 2. The van der Waals surface area contributed by atoms with Crippen LogP contribution in [0.1, 0.15) is 18.4 Å². The highest BCUT2D eigenvalue weighted by molar-refractivity contribution is 7.89. The van der Waals surface area contributed by atoms with E-state index >= 15 is 0 Å². The van der Waals surface area contributed by atoms with E-state index in [-0.39, 0.29) is 14.9 Å². The number of hydrogen-bond acceptors (Lipinski definition) is 3. The van der Waals surface area contributed by atoms with Crippen molar-refractivity contribution in [3.63, 3.8) is 0 Å². The van der Waals surface area contributed by atoms with Crippen molar-refractivity contribution >= 4 is 38.8 Å². The van der Waals surface area contributed by atoms with Gasteiger partial charge in [-0.25, -0.2) is 13.1 Å². The molecule has 0 aromatic heterocycles. The molecule has 7 heteroatoms. The molecule has 0 radical (unpaired) electrons. The predicted molar refractivity (Wildman–Crippen MR) is 75.3 cm³/mol. The van der Waals surface area contributed by atoms with Crippen molar-refractivity contribution in [1.82, 2.24) is 4.72 Å². The van der Waals surface area contributed by atoms with Gasteiger partial charge in [-0.2, -0.15) is 0 Å². The Hall–Kier alpha value is -0.690. The molecule has 4 nitrogen and oxygen atoms in total. The number of halogens is 1. The molecule has 0 unspecified atom stereocenters. The molecule has 0 bridgehead atoms. The lowest BCUT2D eigenvalue weighted by atomic mass is 10.2. The Morgan fingerprint density at radius 2 is 2.17 bits per heavy atom. The van der Waals surface area contributed by atoms with Gasteiger partial charge in [0.1, 0.15) is 4.99 Å². The molecular formula is C11H13ClN2O2S2. The molecule has 0 spiro atoms. The van der Waals surface area contributed by atoms with Crippen LogP contribution in [-0.2, 0) is 10.0 Å². The fourth-order valence-corrected chi connectivity index (χ4v) is 3.22. The van der Waals surface area contributed by atoms with Crippen LogP contribution in [0.25, 0.3) is 0 Å². The monoisotopic (exact) mass is 304 g/mol. The molecule has 1 aromatic carbocycles. The number of sulfonamides is 1. The van der Waals surface area contributed by atoms with E-state index in [1.54, 1.807) is 0 Å². The third kappa shape index (κ3) is 3.20. The minimum atomic E-state index is -3.50. The summed E-state index contributed by atoms with van der Waals surface area (Å²) in [5.74, 6) is 0.478. The summed E-state index contributed by atoms with van der Waals surface area (Å²) in [6.45, 7) is 0.483. The number of thiocarbonyl (C=S) groups is 1. The van der Waals surface area contributed by atoms with E-state index in [1.807, 2.05) is 0 Å². The average Bonchev–Trinajstić information content (AvgIpc) is 3.09. The van der Waals surface area contributed by atoms with Gasteiger partial charge in [0.05, 0.1) is 9.92 Å². The third-order valence-electron chi connectivity index (χ3n) is 2.78. The lowest BCUT2D eigenvalue weighted by Crippen LogP contribution is -2.26. The Bertz CT molecular complexity index is 583. The molecule has 1 aliphatic rings. The maximum absolute atomic E-state index is 12.0. The summed E-state index contributed by atoms with van der Waals surface area (Å²) in [5, 5.41) is 0.247. The van der Waals surface area contributed by atoms with Gasteiger partial charge in [-0.1, -0.05) is 23.8 Å². The Labute approximate surface area is 117 Å². The van der Waals surface area contributed by atoms with Crippen molar-refractivity contribution in [2.24, 2.45) is 11.7 Å². The number of benzene rings is 1. The molecular weight excluding hydrogens is 292 g/mol. The van der Waals surface area contributed by atoms with E-state index in [2.05, 4.69) is 4.72 Å². The molecule has 1 fully saturated rings. The van der Waals surface area contributed by atoms with E-state index in [1.165, 1.54) is 18.2 Å². The molecule has 0 heterocycles. The zero-order valence-electron chi connectivity index (χ0n) is 9.52. The first-order valence-corrected chi connectivity index (χ1v) is 7.76. The van der Waals surface area contributed by atoms with E-state index in [0.29, 0.717) is 18.0 Å². The van der Waals surface area contributed by atoms with Crippen LogP contribution in [0.2, 0.25) is 5.02 Å². The second kappa shape index (κ2) is 5.13. The molecule has 0 amide bonds. The molecule has 0 aliphatic heterocycles. The van der Waals surface area contributed by atoms with Gasteiger partial charge in [-0.3, -0.25) is 0 Å². The van der Waals surface area contributed by atoms with Crippen LogP contribution in [-0.4, -0.2) is 20.0 Å². The highest BCUT2D eigenvalue weighted by Gasteiger charge is 2.24. The van der Waals surface area contributed by atoms with E-state index in [0.717, 1.165) is 12.8 Å². The standard InChI is InChI=1S/C11H13ClN2O2S2/c12-10-5-8(3-4-9(10)11(13)17)18(15,16)14-6-7-1-2-7/h3-5,7,14H,1-2,6H2,(H2,13,17). The maximum atomic E-state index is 12.0. The van der Waals surface area contributed by atoms with Gasteiger partial charge in [-0.05, 0) is 37.0 Å². The molecule has 1 aromatic rings. The summed E-state index contributed by atoms with van der Waals surface area (Å²) in [6, 6.07) is 4.34. The normalized spacial score (nSPS) is 15.6. The predicted octanol–water partition coefficient (Wildman–Crippen LogP) is 1.66. The minimum absolute atomic E-state index is 0.133. The van der Waals surface area contributed by atoms with Gasteiger partial charge >= 0.3 is 0 Å². The minimum Gasteiger partial charge on any atom is -0.389 e. The average molecular weight is 305 g/mol. The van der Waals surface area contributed by atoms with Crippen molar-refractivity contribution < 1.29 is 8.42 Å². The SMILES string of the molecule is NC(=S)c1ccc(S(=O)(=O)NCC2CC2)cc1Cl. The topological polar surface area (TPSA) is 72.2 Å². The molecule has 1 saturated carbocycles. The first-order chi connectivity index (χ1) is 8.40. The Morgan fingerprint density at radius 1 is 1.50 bits per heavy atom. The fourth-order valence-electron chi connectivity index (χ4n) is 1.50. The highest BCUT2D eigenvalue weighted by Crippen LogP contribution is 2.28. The summed E-state index contributed by atoms with van der Waals surface area (Å²) < 4.78 is 26.5. The molecule has 98 valence electrons. The first-order valence-electron chi connectivity index (χ1n) is 5.49. The molecule has 18 heavy (non-hydrogen) atoms. The van der Waals surface area contributed by atoms with Gasteiger partial charge < -0.3 is 5.73 Å². The zero-order valence-corrected chi connectivity index (χ0v) is 11.9. The van der Waals surface area contributed by atoms with E-state index in [9.17, 15) is 8.42 Å². The smallest absolute Gasteiger partial charge is 0.240 e. The van der Waals surface area contributed by atoms with Crippen molar-refractivity contribution in [3.05, 3.63) is 28.8 Å². The summed E-state index contributed by atoms with van der Waals surface area (Å²) >= 11 is 10.8. The lowest BCUT2D eigenvalue weighted by Gasteiger charge is -2.08. The fraction of sp³-hybridized carbons (Fsp3) is 0.364. The van der Waals surface area contributed by atoms with Gasteiger partial charge in [0.2, 0.25) is 10.0 Å². The Morgan fingerprint density at radius 3 is 2.67 bits per heavy atom. The molecule has 2 rings (SSSR count). The van der Waals surface area contributed by atoms with Gasteiger partial charge in [0.15, 0.2) is 0 Å². The van der Waals surface area contributed by atoms with Crippen LogP contribution in [0, 0.1) is 5.92 Å². The van der Waals surface area contributed by atoms with Crippen molar-refractivity contribution in [2.45, 2.75) is 17.7 Å². The van der Waals surface area contributed by atoms with Crippen LogP contribution in [0.3, 0.4) is 0 Å². The molecule has 3 N–H and O–H groups in total. The quantitative estimate of drug-likeness (QED) is 0.812. The summed E-state index contributed by atoms with van der Waals surface area (Å²) in [6.07, 6.45) is 2.17. The largest absolute Gasteiger partial charge is 0.389 e. The first kappa shape index (κ1) is 13.7. The number of rotatable bonds is 5. The van der Waals surface area contributed by atoms with Crippen LogP contribution >= 0.6 is 23.8 Å². The van der Waals surface area contributed by atoms with Gasteiger partial charge in [-0.15, -0.1) is 0 Å². The zero-order chi connectivity index (χ0) is 13.3. The van der Waals surface area contributed by atoms with E-state index in [4.69, 9.17) is 29.6 Å². The molecule has 0 atom stereocenters. The Kier molecular flexibility index (Phi) is 3.91. The number of nitrogens with two attached hydrogens (primary N) is 1. The van der Waals surface area contributed by atoms with Crippen molar-refractivity contribution in [1.29, 1.82) is 0 Å². The van der Waals surface area contributed by atoms with E-state index < -0.39 is 10.0 Å². The van der Waals surface area contributed by atoms with Gasteiger partial charge in [0.25, 0.3) is 0 Å². The van der Waals surface area contributed by atoms with Crippen LogP contribution in [0.4, 0.5) is 0 Å². The number of nitrogens with one attached hydrogen (secondary N) is 1. The third-order valence-corrected chi connectivity index (χ3v) is 4.73. The summed E-state index contributed by atoms with van der Waals surface area (Å²) in [7, 11) is -3.50. The highest BCUT2D eigenvalue weighted by atomic mass is 35.5. The summed E-state index contributed by atoms with van der Waals surface area (Å²) in [4.78, 5) is 0.281. The molecule has 1 aliphatic carbocycles. The Balaban J connectivity index is 2.21. The summed E-state index contributed by atoms with van der Waals surface area (Å²) in [5.41, 5.74) is 5.94. The van der Waals surface area contributed by atoms with Crippen LogP contribution in [0.15, 0.2) is 23.1 Å². The molecule has 0 saturated heterocycles. The maximum Gasteiger partial charge on any atom is 0.240 e.